The molecular formula is C63H41N5. The molecule has 0 unspecified atom stereocenters. The Labute approximate surface area is 393 Å². The van der Waals surface area contributed by atoms with Gasteiger partial charge in [0.2, 0.25) is 0 Å². The van der Waals surface area contributed by atoms with Gasteiger partial charge in [0.1, 0.15) is 0 Å². The summed E-state index contributed by atoms with van der Waals surface area (Å²) < 4.78 is 4.82. The van der Waals surface area contributed by atoms with E-state index in [1.54, 1.807) is 0 Å². The molecule has 0 aliphatic rings. The summed E-state index contributed by atoms with van der Waals surface area (Å²) in [4.78, 5) is 16.2. The Balaban J connectivity index is 1.20. The molecule has 68 heavy (non-hydrogen) atoms. The molecule has 0 aliphatic heterocycles. The minimum absolute atomic E-state index is 0.590. The van der Waals surface area contributed by atoms with Gasteiger partial charge < -0.3 is 9.13 Å². The lowest BCUT2D eigenvalue weighted by Crippen LogP contribution is -2.04. The second-order valence-electron chi connectivity index (χ2n) is 17.2. The maximum absolute atomic E-state index is 5.51. The SMILES string of the molecule is c1ccc(-c2ccc3c(c2)c2cc(-c4ccccc4)ccc2n3-c2ccc3c(c2-c2nc(-c4ccccc4)nc(-c4ccccc4)n2)c2cc(-c4ccccc4)ccc2n3-c2ccccc2)cc1. The van der Waals surface area contributed by atoms with Crippen LogP contribution in [0.3, 0.4) is 0 Å². The van der Waals surface area contributed by atoms with Crippen molar-refractivity contribution in [1.29, 1.82) is 0 Å². The van der Waals surface area contributed by atoms with Crippen LogP contribution in [0.2, 0.25) is 0 Å². The molecule has 10 aromatic carbocycles. The molecule has 3 heterocycles. The van der Waals surface area contributed by atoms with E-state index in [1.807, 2.05) is 36.4 Å². The average molecular weight is 868 g/mol. The average Bonchev–Trinajstić information content (AvgIpc) is 3.93. The Bertz CT molecular complexity index is 3820. The predicted molar refractivity (Wildman–Crippen MR) is 281 cm³/mol. The molecule has 13 rings (SSSR count). The molecular weight excluding hydrogens is 827 g/mol. The fourth-order valence-electron chi connectivity index (χ4n) is 10.0. The van der Waals surface area contributed by atoms with Crippen molar-refractivity contribution in [3.05, 3.63) is 249 Å². The van der Waals surface area contributed by atoms with Crippen LogP contribution in [-0.2, 0) is 0 Å². The number of benzene rings is 10. The van der Waals surface area contributed by atoms with Gasteiger partial charge in [0, 0.05) is 38.4 Å². The van der Waals surface area contributed by atoms with Gasteiger partial charge in [-0.2, -0.15) is 0 Å². The van der Waals surface area contributed by atoms with Gasteiger partial charge in [0.05, 0.1) is 33.3 Å². The number of nitrogens with zero attached hydrogens (tertiary/aromatic N) is 5. The van der Waals surface area contributed by atoms with Crippen molar-refractivity contribution in [1.82, 2.24) is 24.1 Å². The smallest absolute Gasteiger partial charge is 0.166 e. The first-order valence-corrected chi connectivity index (χ1v) is 23.0. The van der Waals surface area contributed by atoms with Gasteiger partial charge in [-0.05, 0) is 94.0 Å². The maximum atomic E-state index is 5.51. The Morgan fingerprint density at radius 1 is 0.250 bits per heavy atom. The van der Waals surface area contributed by atoms with E-state index >= 15 is 0 Å². The Kier molecular flexibility index (Phi) is 9.43. The highest BCUT2D eigenvalue weighted by Gasteiger charge is 2.26. The first-order chi connectivity index (χ1) is 33.7. The highest BCUT2D eigenvalue weighted by molar-refractivity contribution is 6.19. The van der Waals surface area contributed by atoms with Gasteiger partial charge in [-0.1, -0.05) is 188 Å². The third kappa shape index (κ3) is 6.68. The fraction of sp³-hybridized carbons (Fsp3) is 0. The van der Waals surface area contributed by atoms with Crippen LogP contribution in [0.15, 0.2) is 249 Å². The summed E-state index contributed by atoms with van der Waals surface area (Å²) in [7, 11) is 0. The fourth-order valence-corrected chi connectivity index (χ4v) is 10.0. The van der Waals surface area contributed by atoms with Crippen LogP contribution in [0, 0.1) is 0 Å². The molecule has 0 radical (unpaired) electrons. The lowest BCUT2D eigenvalue weighted by molar-refractivity contribution is 1.07. The second-order valence-corrected chi connectivity index (χ2v) is 17.2. The highest BCUT2D eigenvalue weighted by atomic mass is 15.1. The van der Waals surface area contributed by atoms with E-state index in [2.05, 4.69) is 221 Å². The van der Waals surface area contributed by atoms with E-state index in [1.165, 1.54) is 11.1 Å². The van der Waals surface area contributed by atoms with Gasteiger partial charge >= 0.3 is 0 Å². The van der Waals surface area contributed by atoms with Crippen LogP contribution in [0.5, 0.6) is 0 Å². The standard InChI is InChI=1S/C63H41N5/c1-7-19-42(20-8-1)47-31-34-54-51(39-47)52-40-48(43-21-9-2-10-22-43)32-35-55(52)68(54)58-38-37-57-59(53-41-49(44-23-11-3-12-24-44)33-36-56(53)67(57)50-29-17-6-18-30-50)60(58)63-65-61(45-25-13-4-14-26-45)64-62(66-63)46-27-15-5-16-28-46/h1-41H. The minimum Gasteiger partial charge on any atom is -0.309 e. The number of hydrogen-bond donors (Lipinski definition) is 0. The van der Waals surface area contributed by atoms with Gasteiger partial charge in [-0.3, -0.25) is 0 Å². The van der Waals surface area contributed by atoms with Crippen LogP contribution < -0.4 is 0 Å². The first kappa shape index (κ1) is 39.2. The van der Waals surface area contributed by atoms with E-state index in [0.29, 0.717) is 17.5 Å². The van der Waals surface area contributed by atoms with E-state index in [0.717, 1.165) is 93.9 Å². The molecule has 318 valence electrons. The summed E-state index contributed by atoms with van der Waals surface area (Å²) in [5, 5.41) is 4.48. The minimum atomic E-state index is 0.590. The number of rotatable bonds is 8. The number of aromatic nitrogens is 5. The van der Waals surface area contributed by atoms with E-state index in [-0.39, 0.29) is 0 Å². The van der Waals surface area contributed by atoms with Gasteiger partial charge in [0.25, 0.3) is 0 Å². The Morgan fingerprint density at radius 2 is 0.603 bits per heavy atom. The molecule has 0 fully saturated rings. The van der Waals surface area contributed by atoms with Crippen LogP contribution >= 0.6 is 0 Å². The van der Waals surface area contributed by atoms with Gasteiger partial charge in [-0.15, -0.1) is 0 Å². The summed E-state index contributed by atoms with van der Waals surface area (Å²) >= 11 is 0. The lowest BCUT2D eigenvalue weighted by Gasteiger charge is -2.17. The zero-order valence-electron chi connectivity index (χ0n) is 36.9. The van der Waals surface area contributed by atoms with Crippen LogP contribution in [0.25, 0.3) is 123 Å². The summed E-state index contributed by atoms with van der Waals surface area (Å²) in [6, 6.07) is 88.3. The van der Waals surface area contributed by atoms with Crippen molar-refractivity contribution in [2.45, 2.75) is 0 Å². The Morgan fingerprint density at radius 3 is 1.04 bits per heavy atom. The zero-order chi connectivity index (χ0) is 45.0. The van der Waals surface area contributed by atoms with Crippen LogP contribution in [0.1, 0.15) is 0 Å². The van der Waals surface area contributed by atoms with Crippen molar-refractivity contribution in [2.24, 2.45) is 0 Å². The summed E-state index contributed by atoms with van der Waals surface area (Å²) in [5.41, 5.74) is 16.1. The lowest BCUT2D eigenvalue weighted by atomic mass is 9.99. The number of fused-ring (bicyclic) bond motifs is 6. The summed E-state index contributed by atoms with van der Waals surface area (Å²) in [5.74, 6) is 1.81. The highest BCUT2D eigenvalue weighted by Crippen LogP contribution is 2.46. The molecule has 0 spiro atoms. The summed E-state index contributed by atoms with van der Waals surface area (Å²) in [6.45, 7) is 0. The molecule has 3 aromatic heterocycles. The molecule has 5 nitrogen and oxygen atoms in total. The van der Waals surface area contributed by atoms with Gasteiger partial charge in [-0.25, -0.2) is 15.0 Å². The van der Waals surface area contributed by atoms with Gasteiger partial charge in [0.15, 0.2) is 17.5 Å². The van der Waals surface area contributed by atoms with Crippen molar-refractivity contribution in [3.63, 3.8) is 0 Å². The molecule has 0 amide bonds. The number of hydrogen-bond acceptors (Lipinski definition) is 3. The topological polar surface area (TPSA) is 48.5 Å². The third-order valence-corrected chi connectivity index (χ3v) is 13.2. The van der Waals surface area contributed by atoms with E-state index in [4.69, 9.17) is 15.0 Å². The van der Waals surface area contributed by atoms with Crippen LogP contribution in [0.4, 0.5) is 0 Å². The van der Waals surface area contributed by atoms with Crippen molar-refractivity contribution in [3.8, 4) is 78.9 Å². The quantitative estimate of drug-likeness (QED) is 0.153. The largest absolute Gasteiger partial charge is 0.309 e. The zero-order valence-corrected chi connectivity index (χ0v) is 36.9. The molecule has 13 aromatic rings. The molecule has 0 bridgehead atoms. The monoisotopic (exact) mass is 867 g/mol. The first-order valence-electron chi connectivity index (χ1n) is 23.0. The van der Waals surface area contributed by atoms with E-state index < -0.39 is 0 Å². The normalized spacial score (nSPS) is 11.5. The number of para-hydroxylation sites is 1. The van der Waals surface area contributed by atoms with E-state index in [9.17, 15) is 0 Å². The van der Waals surface area contributed by atoms with Crippen molar-refractivity contribution >= 4 is 43.6 Å². The molecule has 5 heteroatoms. The molecule has 0 N–H and O–H groups in total. The van der Waals surface area contributed by atoms with Crippen LogP contribution in [-0.4, -0.2) is 24.1 Å². The summed E-state index contributed by atoms with van der Waals surface area (Å²) in [6.07, 6.45) is 0. The molecule has 0 saturated carbocycles. The molecule has 0 aliphatic carbocycles. The second kappa shape index (κ2) is 16.4. The molecule has 0 atom stereocenters. The third-order valence-electron chi connectivity index (χ3n) is 13.2. The van der Waals surface area contributed by atoms with Crippen molar-refractivity contribution < 1.29 is 0 Å². The Hall–Kier alpha value is -9.19. The molecule has 0 saturated heterocycles. The predicted octanol–water partition coefficient (Wildman–Crippen LogP) is 16.1. The maximum Gasteiger partial charge on any atom is 0.166 e. The van der Waals surface area contributed by atoms with Crippen molar-refractivity contribution in [2.75, 3.05) is 0 Å².